The van der Waals surface area contributed by atoms with E-state index >= 15 is 0 Å². The zero-order chi connectivity index (χ0) is 14.8. The molecular weight excluding hydrogens is 328 g/mol. The van der Waals surface area contributed by atoms with Gasteiger partial charge in [-0.05, 0) is 56.0 Å². The lowest BCUT2D eigenvalue weighted by atomic mass is 10.1. The topological polar surface area (TPSA) is 27.1 Å². The normalized spacial score (nSPS) is 15.6. The summed E-state index contributed by atoms with van der Waals surface area (Å²) >= 11 is 3.58. The van der Waals surface area contributed by atoms with Gasteiger partial charge in [-0.25, -0.2) is 0 Å². The van der Waals surface area contributed by atoms with Crippen LogP contribution in [0.4, 0.5) is 0 Å². The van der Waals surface area contributed by atoms with Crippen LogP contribution in [0.25, 0.3) is 0 Å². The fourth-order valence-corrected chi connectivity index (χ4v) is 3.20. The van der Waals surface area contributed by atoms with Gasteiger partial charge in [0.2, 0.25) is 0 Å². The van der Waals surface area contributed by atoms with E-state index in [2.05, 4.69) is 64.0 Å². The molecule has 0 saturated heterocycles. The lowest BCUT2D eigenvalue weighted by Crippen LogP contribution is -2.06. The molecule has 0 atom stereocenters. The van der Waals surface area contributed by atoms with Crippen LogP contribution < -0.4 is 4.74 Å². The lowest BCUT2D eigenvalue weighted by Gasteiger charge is -2.10. The van der Waals surface area contributed by atoms with E-state index < -0.39 is 0 Å². The highest BCUT2D eigenvalue weighted by molar-refractivity contribution is 9.10. The van der Waals surface area contributed by atoms with Crippen LogP contribution in [-0.4, -0.2) is 9.78 Å². The van der Waals surface area contributed by atoms with Crippen LogP contribution in [0.15, 0.2) is 28.9 Å². The van der Waals surface area contributed by atoms with Crippen LogP contribution in [-0.2, 0) is 6.61 Å². The fraction of sp³-hybridized carbons (Fsp3) is 0.471. The smallest absolute Gasteiger partial charge is 0.132 e. The lowest BCUT2D eigenvalue weighted by molar-refractivity contribution is 0.297. The van der Waals surface area contributed by atoms with Crippen LogP contribution in [0.5, 0.6) is 5.75 Å². The van der Waals surface area contributed by atoms with E-state index in [4.69, 9.17) is 4.74 Å². The Kier molecular flexibility index (Phi) is 4.34. The third-order valence-corrected chi connectivity index (χ3v) is 5.41. The van der Waals surface area contributed by atoms with Crippen LogP contribution in [0, 0.1) is 13.8 Å². The Morgan fingerprint density at radius 3 is 2.57 bits per heavy atom. The molecule has 1 aromatic heterocycles. The van der Waals surface area contributed by atoms with Crippen molar-refractivity contribution in [1.29, 1.82) is 0 Å². The van der Waals surface area contributed by atoms with Crippen molar-refractivity contribution in [2.75, 3.05) is 0 Å². The molecule has 0 radical (unpaired) electrons. The third kappa shape index (κ3) is 3.31. The van der Waals surface area contributed by atoms with E-state index in [1.54, 1.807) is 0 Å². The summed E-state index contributed by atoms with van der Waals surface area (Å²) in [6.45, 7) is 4.69. The quantitative estimate of drug-likeness (QED) is 0.780. The highest BCUT2D eigenvalue weighted by atomic mass is 79.9. The summed E-state index contributed by atoms with van der Waals surface area (Å²) in [6.07, 6.45) is 7.26. The molecule has 1 aliphatic rings. The van der Waals surface area contributed by atoms with E-state index in [0.29, 0.717) is 12.6 Å². The van der Waals surface area contributed by atoms with Crippen LogP contribution in [0.1, 0.15) is 48.5 Å². The summed E-state index contributed by atoms with van der Waals surface area (Å²) < 4.78 is 9.16. The Hall–Kier alpha value is -1.29. The molecule has 112 valence electrons. The average Bonchev–Trinajstić information content (AvgIpc) is 3.12. The summed E-state index contributed by atoms with van der Waals surface area (Å²) in [6, 6.07) is 6.78. The number of nitrogens with zero attached hydrogens (tertiary/aromatic N) is 2. The number of halogens is 1. The van der Waals surface area contributed by atoms with Gasteiger partial charge in [0.15, 0.2) is 0 Å². The minimum absolute atomic E-state index is 0.528. The predicted molar refractivity (Wildman–Crippen MR) is 87.7 cm³/mol. The Morgan fingerprint density at radius 2 is 1.90 bits per heavy atom. The van der Waals surface area contributed by atoms with Gasteiger partial charge in [0.25, 0.3) is 0 Å². The molecule has 1 aromatic carbocycles. The van der Waals surface area contributed by atoms with Gasteiger partial charge in [0.1, 0.15) is 12.4 Å². The highest BCUT2D eigenvalue weighted by Gasteiger charge is 2.17. The predicted octanol–water partition coefficient (Wildman–Crippen LogP) is 4.96. The molecule has 3 rings (SSSR count). The Balaban J connectivity index is 1.65. The Labute approximate surface area is 134 Å². The van der Waals surface area contributed by atoms with Gasteiger partial charge >= 0.3 is 0 Å². The van der Waals surface area contributed by atoms with Gasteiger partial charge in [-0.3, -0.25) is 4.68 Å². The van der Waals surface area contributed by atoms with Crippen LogP contribution in [0.3, 0.4) is 0 Å². The first-order valence-corrected chi connectivity index (χ1v) is 8.36. The molecule has 0 bridgehead atoms. The van der Waals surface area contributed by atoms with Gasteiger partial charge < -0.3 is 4.74 Å². The van der Waals surface area contributed by atoms with Crippen molar-refractivity contribution in [2.45, 2.75) is 52.2 Å². The monoisotopic (exact) mass is 348 g/mol. The standard InChI is InChI=1S/C17H21BrN2O/c1-12-9-16(10-13(2)17(12)18)21-11-14-7-8-20(19-14)15-5-3-4-6-15/h7-10,15H,3-6,11H2,1-2H3. The van der Waals surface area contributed by atoms with Gasteiger partial charge in [-0.15, -0.1) is 0 Å². The molecule has 1 fully saturated rings. The zero-order valence-electron chi connectivity index (χ0n) is 12.6. The zero-order valence-corrected chi connectivity index (χ0v) is 14.2. The maximum atomic E-state index is 5.89. The number of ether oxygens (including phenoxy) is 1. The van der Waals surface area contributed by atoms with E-state index in [1.165, 1.54) is 36.8 Å². The molecule has 4 heteroatoms. The molecule has 0 amide bonds. The molecule has 2 aromatic rings. The first-order chi connectivity index (χ1) is 10.1. The number of hydrogen-bond donors (Lipinski definition) is 0. The number of benzene rings is 1. The van der Waals surface area contributed by atoms with E-state index in [9.17, 15) is 0 Å². The summed E-state index contributed by atoms with van der Waals surface area (Å²) in [5.41, 5.74) is 3.39. The maximum Gasteiger partial charge on any atom is 0.132 e. The number of hydrogen-bond acceptors (Lipinski definition) is 2. The molecule has 21 heavy (non-hydrogen) atoms. The number of aromatic nitrogens is 2. The van der Waals surface area contributed by atoms with Crippen molar-refractivity contribution in [1.82, 2.24) is 9.78 Å². The second kappa shape index (κ2) is 6.22. The van der Waals surface area contributed by atoms with Crippen molar-refractivity contribution in [3.8, 4) is 5.75 Å². The van der Waals surface area contributed by atoms with Crippen molar-refractivity contribution in [3.63, 3.8) is 0 Å². The molecule has 0 unspecified atom stereocenters. The van der Waals surface area contributed by atoms with E-state index in [-0.39, 0.29) is 0 Å². The molecule has 1 aliphatic carbocycles. The Morgan fingerprint density at radius 1 is 1.24 bits per heavy atom. The van der Waals surface area contributed by atoms with Crippen molar-refractivity contribution in [2.24, 2.45) is 0 Å². The largest absolute Gasteiger partial charge is 0.487 e. The molecule has 1 heterocycles. The second-order valence-corrected chi connectivity index (χ2v) is 6.68. The summed E-state index contributed by atoms with van der Waals surface area (Å²) in [5, 5.41) is 4.65. The summed E-state index contributed by atoms with van der Waals surface area (Å²) in [4.78, 5) is 0. The number of aryl methyl sites for hydroxylation is 2. The third-order valence-electron chi connectivity index (χ3n) is 4.16. The van der Waals surface area contributed by atoms with Gasteiger partial charge in [-0.2, -0.15) is 5.10 Å². The first kappa shape index (κ1) is 14.6. The molecular formula is C17H21BrN2O. The van der Waals surface area contributed by atoms with Gasteiger partial charge in [0.05, 0.1) is 11.7 Å². The molecule has 0 spiro atoms. The van der Waals surface area contributed by atoms with E-state index in [1.807, 2.05) is 0 Å². The first-order valence-electron chi connectivity index (χ1n) is 7.57. The maximum absolute atomic E-state index is 5.89. The Bertz CT molecular complexity index is 606. The molecule has 1 saturated carbocycles. The van der Waals surface area contributed by atoms with Crippen molar-refractivity contribution in [3.05, 3.63) is 45.7 Å². The molecule has 0 N–H and O–H groups in total. The fourth-order valence-electron chi connectivity index (χ4n) is 2.97. The minimum Gasteiger partial charge on any atom is -0.487 e. The van der Waals surface area contributed by atoms with Gasteiger partial charge in [0, 0.05) is 10.7 Å². The minimum atomic E-state index is 0.528. The van der Waals surface area contributed by atoms with Crippen LogP contribution >= 0.6 is 15.9 Å². The average molecular weight is 349 g/mol. The summed E-state index contributed by atoms with van der Waals surface area (Å²) in [7, 11) is 0. The van der Waals surface area contributed by atoms with Crippen molar-refractivity contribution < 1.29 is 4.74 Å². The van der Waals surface area contributed by atoms with Crippen molar-refractivity contribution >= 4 is 15.9 Å². The molecule has 0 aliphatic heterocycles. The van der Waals surface area contributed by atoms with Gasteiger partial charge in [-0.1, -0.05) is 28.8 Å². The SMILES string of the molecule is Cc1cc(OCc2ccn(C3CCCC3)n2)cc(C)c1Br. The van der Waals surface area contributed by atoms with E-state index in [0.717, 1.165) is 15.9 Å². The molecule has 3 nitrogen and oxygen atoms in total. The highest BCUT2D eigenvalue weighted by Crippen LogP contribution is 2.29. The van der Waals surface area contributed by atoms with Crippen LogP contribution in [0.2, 0.25) is 0 Å². The number of rotatable bonds is 4. The second-order valence-electron chi connectivity index (χ2n) is 5.89. The summed E-state index contributed by atoms with van der Waals surface area (Å²) in [5.74, 6) is 0.906.